The number of rotatable bonds is 8. The third kappa shape index (κ3) is 5.13. The molecule has 1 aliphatic heterocycles. The molecule has 4 rings (SSSR count). The number of nitrogens with zero attached hydrogens (tertiary/aromatic N) is 3. The SMILES string of the molecule is CCN(CC)c1ccc(C2=C(O)C(=C3C(=O)N(C(C)(C)C)N=C3C)C2=O)c(NC(=O)CCC2CCCC2)c1. The van der Waals surface area contributed by atoms with Crippen molar-refractivity contribution in [3.05, 3.63) is 40.7 Å². The van der Waals surface area contributed by atoms with Gasteiger partial charge in [-0.05, 0) is 72.1 Å². The maximum Gasteiger partial charge on any atom is 0.277 e. The number of allylic oxidation sites excluding steroid dienone is 2. The molecule has 2 aliphatic carbocycles. The smallest absolute Gasteiger partial charge is 0.277 e. The van der Waals surface area contributed by atoms with Crippen molar-refractivity contribution in [2.45, 2.75) is 85.6 Å². The summed E-state index contributed by atoms with van der Waals surface area (Å²) >= 11 is 0. The van der Waals surface area contributed by atoms with Gasteiger partial charge in [0, 0.05) is 30.8 Å². The number of ketones is 1. The van der Waals surface area contributed by atoms with Crippen LogP contribution in [0.5, 0.6) is 0 Å². The Labute approximate surface area is 225 Å². The summed E-state index contributed by atoms with van der Waals surface area (Å²) in [5, 5.41) is 19.8. The predicted molar refractivity (Wildman–Crippen MR) is 151 cm³/mol. The molecule has 0 unspecified atom stereocenters. The predicted octanol–water partition coefficient (Wildman–Crippen LogP) is 5.61. The van der Waals surface area contributed by atoms with Gasteiger partial charge >= 0.3 is 0 Å². The molecule has 38 heavy (non-hydrogen) atoms. The lowest BCUT2D eigenvalue weighted by molar-refractivity contribution is -0.130. The topological polar surface area (TPSA) is 102 Å². The monoisotopic (exact) mass is 520 g/mol. The van der Waals surface area contributed by atoms with Crippen molar-refractivity contribution in [3.63, 3.8) is 0 Å². The summed E-state index contributed by atoms with van der Waals surface area (Å²) in [7, 11) is 0. The van der Waals surface area contributed by atoms with Gasteiger partial charge in [-0.15, -0.1) is 0 Å². The molecule has 0 bridgehead atoms. The van der Waals surface area contributed by atoms with Gasteiger partial charge in [0.2, 0.25) is 11.7 Å². The number of hydrazone groups is 1. The van der Waals surface area contributed by atoms with Crippen LogP contribution in [0.1, 0.15) is 85.6 Å². The molecule has 0 aromatic heterocycles. The molecular weight excluding hydrogens is 480 g/mol. The molecule has 1 aromatic rings. The first-order chi connectivity index (χ1) is 18.0. The highest BCUT2D eigenvalue weighted by Crippen LogP contribution is 2.43. The number of nitrogens with one attached hydrogen (secondary N) is 1. The third-order valence-corrected chi connectivity index (χ3v) is 7.76. The van der Waals surface area contributed by atoms with Gasteiger partial charge in [0.1, 0.15) is 5.76 Å². The first-order valence-electron chi connectivity index (χ1n) is 13.8. The molecule has 204 valence electrons. The zero-order valence-electron chi connectivity index (χ0n) is 23.5. The van der Waals surface area contributed by atoms with Crippen molar-refractivity contribution < 1.29 is 19.5 Å². The van der Waals surface area contributed by atoms with Gasteiger partial charge in [-0.3, -0.25) is 14.4 Å². The number of aliphatic hydroxyl groups excluding tert-OH is 1. The third-order valence-electron chi connectivity index (χ3n) is 7.76. The van der Waals surface area contributed by atoms with Gasteiger partial charge < -0.3 is 15.3 Å². The first kappa shape index (κ1) is 27.6. The minimum absolute atomic E-state index is 0.00988. The zero-order chi connectivity index (χ0) is 27.8. The second kappa shape index (κ2) is 10.8. The van der Waals surface area contributed by atoms with Crippen molar-refractivity contribution in [3.8, 4) is 0 Å². The van der Waals surface area contributed by atoms with E-state index < -0.39 is 17.2 Å². The van der Waals surface area contributed by atoms with E-state index in [0.717, 1.165) is 25.2 Å². The summed E-state index contributed by atoms with van der Waals surface area (Å²) in [6.07, 6.45) is 6.09. The van der Waals surface area contributed by atoms with E-state index in [1.807, 2.05) is 32.9 Å². The molecular formula is C30H40N4O4. The average Bonchev–Trinajstić information content (AvgIpc) is 3.49. The Morgan fingerprint density at radius 2 is 1.76 bits per heavy atom. The van der Waals surface area contributed by atoms with Gasteiger partial charge in [-0.25, -0.2) is 5.01 Å². The van der Waals surface area contributed by atoms with Crippen LogP contribution >= 0.6 is 0 Å². The molecule has 3 aliphatic rings. The van der Waals surface area contributed by atoms with E-state index in [0.29, 0.717) is 29.3 Å². The highest BCUT2D eigenvalue weighted by atomic mass is 16.3. The first-order valence-corrected chi connectivity index (χ1v) is 13.8. The number of carbonyl (C=O) groups is 3. The number of aliphatic hydroxyl groups is 1. The second-order valence-corrected chi connectivity index (χ2v) is 11.4. The van der Waals surface area contributed by atoms with E-state index in [9.17, 15) is 19.5 Å². The van der Waals surface area contributed by atoms with E-state index in [4.69, 9.17) is 0 Å². The van der Waals surface area contributed by atoms with Crippen LogP contribution in [0.2, 0.25) is 0 Å². The quantitative estimate of drug-likeness (QED) is 0.434. The zero-order valence-corrected chi connectivity index (χ0v) is 23.5. The van der Waals surface area contributed by atoms with Crippen LogP contribution in [0.4, 0.5) is 11.4 Å². The van der Waals surface area contributed by atoms with Gasteiger partial charge in [-0.2, -0.15) is 5.10 Å². The lowest BCUT2D eigenvalue weighted by atomic mass is 9.79. The van der Waals surface area contributed by atoms with Crippen LogP contribution in [0, 0.1) is 5.92 Å². The average molecular weight is 521 g/mol. The van der Waals surface area contributed by atoms with Crippen molar-refractivity contribution in [2.75, 3.05) is 23.3 Å². The number of anilines is 2. The van der Waals surface area contributed by atoms with Gasteiger partial charge in [0.25, 0.3) is 5.91 Å². The van der Waals surface area contributed by atoms with Crippen LogP contribution in [0.15, 0.2) is 40.2 Å². The summed E-state index contributed by atoms with van der Waals surface area (Å²) in [6, 6.07) is 5.53. The van der Waals surface area contributed by atoms with Crippen LogP contribution in [-0.4, -0.2) is 52.1 Å². The van der Waals surface area contributed by atoms with Crippen LogP contribution in [0.25, 0.3) is 5.57 Å². The molecule has 1 fully saturated rings. The molecule has 1 aromatic carbocycles. The summed E-state index contributed by atoms with van der Waals surface area (Å²) in [5.41, 5.74) is 1.93. The van der Waals surface area contributed by atoms with E-state index in [1.54, 1.807) is 13.0 Å². The molecule has 0 spiro atoms. The van der Waals surface area contributed by atoms with E-state index in [1.165, 1.54) is 30.7 Å². The minimum atomic E-state index is -0.564. The minimum Gasteiger partial charge on any atom is -0.506 e. The van der Waals surface area contributed by atoms with E-state index in [-0.39, 0.29) is 28.4 Å². The maximum atomic E-state index is 13.5. The molecule has 0 radical (unpaired) electrons. The number of hydrogen-bond donors (Lipinski definition) is 2. The summed E-state index contributed by atoms with van der Waals surface area (Å²) in [4.78, 5) is 41.7. The number of hydrogen-bond acceptors (Lipinski definition) is 6. The molecule has 1 saturated carbocycles. The number of carbonyl (C=O) groups excluding carboxylic acids is 3. The normalized spacial score (nSPS) is 20.3. The molecule has 8 nitrogen and oxygen atoms in total. The van der Waals surface area contributed by atoms with Gasteiger partial charge in [-0.1, -0.05) is 25.7 Å². The van der Waals surface area contributed by atoms with Gasteiger partial charge in [0.05, 0.1) is 33.7 Å². The van der Waals surface area contributed by atoms with Crippen LogP contribution < -0.4 is 10.2 Å². The molecule has 1 heterocycles. The lowest BCUT2D eigenvalue weighted by Crippen LogP contribution is -2.40. The fourth-order valence-corrected chi connectivity index (χ4v) is 5.62. The Kier molecular flexibility index (Phi) is 7.81. The Bertz CT molecular complexity index is 1240. The fraction of sp³-hybridized carbons (Fsp3) is 0.533. The largest absolute Gasteiger partial charge is 0.506 e. The highest BCUT2D eigenvalue weighted by molar-refractivity contribution is 6.44. The Hall–Kier alpha value is -3.42. The summed E-state index contributed by atoms with van der Waals surface area (Å²) in [5.74, 6) is -0.567. The Balaban J connectivity index is 1.69. The standard InChI is InChI=1S/C30H40N4O4/c1-7-33(8-2)20-14-15-21(22(17-20)31-23(35)16-13-19-11-9-10-12-19)25-27(36)26(28(25)37)24-18(3)32-34(29(24)38)30(4,5)6/h14-15,17,19,36H,7-13,16H2,1-6H3,(H,31,35). The molecule has 8 heteroatoms. The Morgan fingerprint density at radius 3 is 2.32 bits per heavy atom. The number of amides is 2. The van der Waals surface area contributed by atoms with Crippen molar-refractivity contribution in [1.82, 2.24) is 5.01 Å². The van der Waals surface area contributed by atoms with Gasteiger partial charge in [0.15, 0.2) is 0 Å². The molecule has 2 N–H and O–H groups in total. The van der Waals surface area contributed by atoms with Crippen LogP contribution in [-0.2, 0) is 14.4 Å². The Morgan fingerprint density at radius 1 is 1.11 bits per heavy atom. The fourth-order valence-electron chi connectivity index (χ4n) is 5.62. The van der Waals surface area contributed by atoms with Crippen molar-refractivity contribution in [1.29, 1.82) is 0 Å². The van der Waals surface area contributed by atoms with Crippen molar-refractivity contribution >= 4 is 40.3 Å². The maximum absolute atomic E-state index is 13.5. The second-order valence-electron chi connectivity index (χ2n) is 11.4. The number of benzene rings is 1. The molecule has 0 saturated heterocycles. The highest BCUT2D eigenvalue weighted by Gasteiger charge is 2.45. The summed E-state index contributed by atoms with van der Waals surface area (Å²) in [6.45, 7) is 12.9. The molecule has 2 amide bonds. The van der Waals surface area contributed by atoms with Crippen LogP contribution in [0.3, 0.4) is 0 Å². The lowest BCUT2D eigenvalue weighted by Gasteiger charge is -2.29. The van der Waals surface area contributed by atoms with E-state index >= 15 is 0 Å². The number of Topliss-reactive ketones (excluding diaryl/α,β-unsaturated/α-hetero) is 1. The van der Waals surface area contributed by atoms with E-state index in [2.05, 4.69) is 29.2 Å². The van der Waals surface area contributed by atoms with Crippen molar-refractivity contribution in [2.24, 2.45) is 11.0 Å². The summed E-state index contributed by atoms with van der Waals surface area (Å²) < 4.78 is 0. The molecule has 0 atom stereocenters.